The predicted molar refractivity (Wildman–Crippen MR) is 34.8 cm³/mol. The fourth-order valence-corrected chi connectivity index (χ4v) is 0.586. The molecule has 0 radical (unpaired) electrons. The fraction of sp³-hybridized carbons (Fsp3) is 1.00. The summed E-state index contributed by atoms with van der Waals surface area (Å²) in [5, 5.41) is 0. The zero-order valence-corrected chi connectivity index (χ0v) is 5.02. The van der Waals surface area contributed by atoms with Crippen molar-refractivity contribution in [3.8, 4) is 0 Å². The van der Waals surface area contributed by atoms with E-state index >= 15 is 0 Å². The molecule has 7 heavy (non-hydrogen) atoms. The number of nitrogens with two attached hydrogens (primary N) is 2. The molecule has 0 heterocycles. The normalized spacial score (nSPS) is 18.7. The van der Waals surface area contributed by atoms with Crippen LogP contribution in [0.4, 0.5) is 0 Å². The van der Waals surface area contributed by atoms with E-state index < -0.39 is 0 Å². The topological polar surface area (TPSA) is 52.0 Å². The molecule has 0 aromatic rings. The fourth-order valence-electron chi connectivity index (χ4n) is 0.586. The smallest absolute Gasteiger partial charge is 0.123 e. The second-order valence-electron chi connectivity index (χ2n) is 2.19. The Labute approximate surface area is 45.7 Å². The minimum atomic E-state index is 0.250. The third kappa shape index (κ3) is 5.98. The molecule has 0 aromatic heterocycles. The molecule has 0 rings (SSSR count). The van der Waals surface area contributed by atoms with E-state index in [1.807, 2.05) is 14.8 Å². The molecule has 0 aliphatic heterocycles. The molecule has 2 nitrogen and oxygen atoms in total. The molecule has 3 heteroatoms. The van der Waals surface area contributed by atoms with Crippen LogP contribution in [0.1, 0.15) is 13.3 Å². The number of hydrogen-bond donors (Lipinski definition) is 2. The molecule has 0 fully saturated rings. The molecule has 0 aromatic carbocycles. The molecule has 0 spiro atoms. The zero-order chi connectivity index (χ0) is 5.86. The van der Waals surface area contributed by atoms with E-state index in [2.05, 4.69) is 0 Å². The van der Waals surface area contributed by atoms with Crippen molar-refractivity contribution in [1.29, 1.82) is 0 Å². The Kier molecular flexibility index (Phi) is 3.04. The summed E-state index contributed by atoms with van der Waals surface area (Å²) in [6.07, 6.45) is 0.917. The number of rotatable bonds is 2. The van der Waals surface area contributed by atoms with E-state index in [9.17, 15) is 0 Å². The first-order valence-electron chi connectivity index (χ1n) is 2.64. The average Bonchev–Trinajstić information content (AvgIpc) is 1.27. The van der Waals surface area contributed by atoms with Crippen LogP contribution in [0.2, 0.25) is 0 Å². The molecule has 42 valence electrons. The van der Waals surface area contributed by atoms with Crippen LogP contribution in [-0.4, -0.2) is 19.8 Å². The predicted octanol–water partition coefficient (Wildman–Crippen LogP) is -1.36. The molecule has 0 bridgehead atoms. The summed E-state index contributed by atoms with van der Waals surface area (Å²) < 4.78 is 0. The van der Waals surface area contributed by atoms with Crippen molar-refractivity contribution in [3.63, 3.8) is 0 Å². The molecule has 2 atom stereocenters. The second kappa shape index (κ2) is 3.05. The molecule has 2 unspecified atom stereocenters. The standard InChI is InChI=1S/C4H13BN2/c1-3(6)2-4(5)7/h3-4H,2,5-7H2,1H3. The van der Waals surface area contributed by atoms with Crippen LogP contribution < -0.4 is 11.5 Å². The lowest BCUT2D eigenvalue weighted by Gasteiger charge is -2.06. The van der Waals surface area contributed by atoms with Crippen LogP contribution in [-0.2, 0) is 0 Å². The molecule has 0 amide bonds. The maximum absolute atomic E-state index is 5.41. The summed E-state index contributed by atoms with van der Waals surface area (Å²) in [7, 11) is 1.96. The van der Waals surface area contributed by atoms with E-state index in [4.69, 9.17) is 11.5 Å². The Hall–Kier alpha value is -0.0151. The van der Waals surface area contributed by atoms with Crippen molar-refractivity contribution in [3.05, 3.63) is 0 Å². The Morgan fingerprint density at radius 1 is 1.57 bits per heavy atom. The summed E-state index contributed by atoms with van der Waals surface area (Å²) in [5.41, 5.74) is 10.8. The Balaban J connectivity index is 2.95. The van der Waals surface area contributed by atoms with Gasteiger partial charge in [-0.3, -0.25) is 0 Å². The third-order valence-corrected chi connectivity index (χ3v) is 0.744. The maximum atomic E-state index is 5.41. The lowest BCUT2D eigenvalue weighted by atomic mass is 9.92. The molecular formula is C4H13BN2. The Morgan fingerprint density at radius 3 is 2.00 bits per heavy atom. The molecule has 0 aliphatic carbocycles. The van der Waals surface area contributed by atoms with Crippen LogP contribution in [0.5, 0.6) is 0 Å². The van der Waals surface area contributed by atoms with Gasteiger partial charge in [-0.05, 0) is 19.3 Å². The molecular weight excluding hydrogens is 86.9 g/mol. The van der Waals surface area contributed by atoms with Gasteiger partial charge in [-0.2, -0.15) is 0 Å². The van der Waals surface area contributed by atoms with E-state index in [-0.39, 0.29) is 12.0 Å². The van der Waals surface area contributed by atoms with E-state index in [0.717, 1.165) is 6.42 Å². The van der Waals surface area contributed by atoms with Crippen LogP contribution >= 0.6 is 0 Å². The van der Waals surface area contributed by atoms with Crippen LogP contribution in [0.15, 0.2) is 0 Å². The minimum absolute atomic E-state index is 0.250. The van der Waals surface area contributed by atoms with Crippen molar-refractivity contribution in [2.24, 2.45) is 11.5 Å². The first-order chi connectivity index (χ1) is 3.13. The summed E-state index contributed by atoms with van der Waals surface area (Å²) in [6, 6.07) is 0.250. The molecule has 4 N–H and O–H groups in total. The van der Waals surface area contributed by atoms with Crippen molar-refractivity contribution in [2.75, 3.05) is 0 Å². The summed E-state index contributed by atoms with van der Waals surface area (Å²) in [6.45, 7) is 1.96. The Morgan fingerprint density at radius 2 is 2.00 bits per heavy atom. The van der Waals surface area contributed by atoms with Crippen molar-refractivity contribution >= 4 is 7.85 Å². The lowest BCUT2D eigenvalue weighted by molar-refractivity contribution is 0.645. The monoisotopic (exact) mass is 100 g/mol. The maximum Gasteiger partial charge on any atom is 0.123 e. The minimum Gasteiger partial charge on any atom is -0.335 e. The van der Waals surface area contributed by atoms with Crippen LogP contribution in [0.3, 0.4) is 0 Å². The largest absolute Gasteiger partial charge is 0.335 e. The Bertz CT molecular complexity index is 39.0. The highest BCUT2D eigenvalue weighted by Crippen LogP contribution is 1.85. The number of hydrogen-bond acceptors (Lipinski definition) is 2. The highest BCUT2D eigenvalue weighted by Gasteiger charge is 1.96. The van der Waals surface area contributed by atoms with Crippen molar-refractivity contribution in [2.45, 2.75) is 25.3 Å². The van der Waals surface area contributed by atoms with Crippen LogP contribution in [0.25, 0.3) is 0 Å². The van der Waals surface area contributed by atoms with Gasteiger partial charge >= 0.3 is 0 Å². The quantitative estimate of drug-likeness (QED) is 0.421. The molecule has 0 saturated heterocycles. The van der Waals surface area contributed by atoms with Crippen molar-refractivity contribution in [1.82, 2.24) is 0 Å². The lowest BCUT2D eigenvalue weighted by Crippen LogP contribution is -2.29. The van der Waals surface area contributed by atoms with Gasteiger partial charge in [0.05, 0.1) is 0 Å². The average molecular weight is 100.0 g/mol. The third-order valence-electron chi connectivity index (χ3n) is 0.744. The van der Waals surface area contributed by atoms with E-state index in [1.165, 1.54) is 0 Å². The zero-order valence-electron chi connectivity index (χ0n) is 5.02. The van der Waals surface area contributed by atoms with Gasteiger partial charge in [-0.25, -0.2) is 0 Å². The van der Waals surface area contributed by atoms with Gasteiger partial charge in [0.25, 0.3) is 0 Å². The SMILES string of the molecule is BC(N)CC(C)N. The van der Waals surface area contributed by atoms with E-state index in [1.54, 1.807) is 0 Å². The summed E-state index contributed by atoms with van der Waals surface area (Å²) >= 11 is 0. The summed E-state index contributed by atoms with van der Waals surface area (Å²) in [4.78, 5) is 0. The van der Waals surface area contributed by atoms with Gasteiger partial charge in [-0.1, -0.05) is 0 Å². The first kappa shape index (κ1) is 6.98. The van der Waals surface area contributed by atoms with Gasteiger partial charge in [0.15, 0.2) is 0 Å². The van der Waals surface area contributed by atoms with Crippen molar-refractivity contribution < 1.29 is 0 Å². The molecule has 0 aliphatic rings. The first-order valence-corrected chi connectivity index (χ1v) is 2.64. The highest BCUT2D eigenvalue weighted by atomic mass is 14.7. The highest BCUT2D eigenvalue weighted by molar-refractivity contribution is 6.11. The molecule has 0 saturated carbocycles. The second-order valence-corrected chi connectivity index (χ2v) is 2.19. The van der Waals surface area contributed by atoms with E-state index in [0.29, 0.717) is 0 Å². The van der Waals surface area contributed by atoms with Gasteiger partial charge < -0.3 is 11.5 Å². The van der Waals surface area contributed by atoms with Gasteiger partial charge in [0.2, 0.25) is 0 Å². The van der Waals surface area contributed by atoms with Gasteiger partial charge in [0, 0.05) is 6.04 Å². The van der Waals surface area contributed by atoms with Gasteiger partial charge in [-0.15, -0.1) is 0 Å². The summed E-state index contributed by atoms with van der Waals surface area (Å²) in [5.74, 6) is 0.250. The van der Waals surface area contributed by atoms with Gasteiger partial charge in [0.1, 0.15) is 7.85 Å². The van der Waals surface area contributed by atoms with Crippen LogP contribution in [0, 0.1) is 0 Å².